The number of methoxy groups -OCH3 is 1. The Morgan fingerprint density at radius 1 is 1.21 bits per heavy atom. The SMILES string of the molecule is COc1cc(C=O)cc(Cl)c1OC(=O)c1ccc(Cl)c([N+](=O)[O-])c1. The average Bonchev–Trinajstić information content (AvgIpc) is 2.56. The molecule has 0 heterocycles. The molecule has 0 bridgehead atoms. The number of carbonyl (C=O) groups excluding carboxylic acids is 2. The number of aldehydes is 1. The monoisotopic (exact) mass is 369 g/mol. The molecule has 0 spiro atoms. The van der Waals surface area contributed by atoms with Gasteiger partial charge in [-0.25, -0.2) is 4.79 Å². The second-order valence-electron chi connectivity index (χ2n) is 4.46. The third-order valence-electron chi connectivity index (χ3n) is 2.96. The van der Waals surface area contributed by atoms with E-state index in [-0.39, 0.29) is 32.7 Å². The number of nitro groups is 1. The van der Waals surface area contributed by atoms with Gasteiger partial charge in [-0.05, 0) is 24.3 Å². The molecular formula is C15H9Cl2NO6. The van der Waals surface area contributed by atoms with Crippen LogP contribution in [0.1, 0.15) is 20.7 Å². The zero-order chi connectivity index (χ0) is 17.9. The highest BCUT2D eigenvalue weighted by molar-refractivity contribution is 6.33. The lowest BCUT2D eigenvalue weighted by Gasteiger charge is -2.11. The Morgan fingerprint density at radius 3 is 2.50 bits per heavy atom. The number of carbonyl (C=O) groups is 2. The minimum Gasteiger partial charge on any atom is -0.493 e. The van der Waals surface area contributed by atoms with Crippen LogP contribution in [0.5, 0.6) is 11.5 Å². The summed E-state index contributed by atoms with van der Waals surface area (Å²) in [6.07, 6.45) is 0.558. The summed E-state index contributed by atoms with van der Waals surface area (Å²) in [7, 11) is 1.31. The molecule has 0 aliphatic heterocycles. The summed E-state index contributed by atoms with van der Waals surface area (Å²) < 4.78 is 10.2. The summed E-state index contributed by atoms with van der Waals surface area (Å²) in [5, 5.41) is 10.7. The topological polar surface area (TPSA) is 95.7 Å². The molecule has 7 nitrogen and oxygen atoms in total. The summed E-state index contributed by atoms with van der Waals surface area (Å²) >= 11 is 11.7. The molecule has 2 rings (SSSR count). The van der Waals surface area contributed by atoms with Gasteiger partial charge in [0.25, 0.3) is 5.69 Å². The van der Waals surface area contributed by atoms with Gasteiger partial charge in [0.1, 0.15) is 11.3 Å². The number of halogens is 2. The van der Waals surface area contributed by atoms with Crippen LogP contribution in [-0.4, -0.2) is 24.3 Å². The van der Waals surface area contributed by atoms with Gasteiger partial charge in [0.2, 0.25) is 0 Å². The molecule has 2 aromatic rings. The van der Waals surface area contributed by atoms with Gasteiger partial charge in [-0.1, -0.05) is 23.2 Å². The molecule has 9 heteroatoms. The predicted molar refractivity (Wildman–Crippen MR) is 86.5 cm³/mol. The first-order valence-corrected chi connectivity index (χ1v) is 7.11. The molecule has 0 fully saturated rings. The van der Waals surface area contributed by atoms with Crippen molar-refractivity contribution >= 4 is 41.1 Å². The highest BCUT2D eigenvalue weighted by Crippen LogP contribution is 2.37. The van der Waals surface area contributed by atoms with Crippen LogP contribution >= 0.6 is 23.2 Å². The molecule has 0 atom stereocenters. The highest BCUT2D eigenvalue weighted by Gasteiger charge is 2.20. The number of rotatable bonds is 5. The Bertz CT molecular complexity index is 837. The Balaban J connectivity index is 2.38. The normalized spacial score (nSPS) is 10.1. The van der Waals surface area contributed by atoms with E-state index in [9.17, 15) is 19.7 Å². The molecule has 24 heavy (non-hydrogen) atoms. The van der Waals surface area contributed by atoms with Crippen molar-refractivity contribution in [2.24, 2.45) is 0 Å². The van der Waals surface area contributed by atoms with Crippen molar-refractivity contribution in [3.8, 4) is 11.5 Å². The summed E-state index contributed by atoms with van der Waals surface area (Å²) in [6, 6.07) is 6.11. The zero-order valence-corrected chi connectivity index (χ0v) is 13.6. The standard InChI is InChI=1S/C15H9Cl2NO6/c1-23-13-5-8(7-19)4-11(17)14(13)24-15(20)9-2-3-10(16)12(6-9)18(21)22/h2-7H,1H3. The lowest BCUT2D eigenvalue weighted by atomic mass is 10.2. The maximum atomic E-state index is 12.2. The van der Waals surface area contributed by atoms with E-state index in [1.54, 1.807) is 0 Å². The summed E-state index contributed by atoms with van der Waals surface area (Å²) in [4.78, 5) is 33.2. The Labute approximate surface area is 145 Å². The first-order chi connectivity index (χ1) is 11.4. The van der Waals surface area contributed by atoms with Crippen LogP contribution in [0.15, 0.2) is 30.3 Å². The maximum absolute atomic E-state index is 12.2. The fourth-order valence-corrected chi connectivity index (χ4v) is 2.28. The number of nitro benzene ring substituents is 1. The minimum atomic E-state index is -0.895. The third kappa shape index (κ3) is 3.64. The van der Waals surface area contributed by atoms with Gasteiger partial charge < -0.3 is 9.47 Å². The molecule has 0 radical (unpaired) electrons. The minimum absolute atomic E-state index is 0.0201. The van der Waals surface area contributed by atoms with Crippen LogP contribution in [-0.2, 0) is 0 Å². The van der Waals surface area contributed by atoms with Crippen molar-refractivity contribution < 1.29 is 24.0 Å². The largest absolute Gasteiger partial charge is 0.493 e. The van der Waals surface area contributed by atoms with Crippen molar-refractivity contribution in [3.63, 3.8) is 0 Å². The maximum Gasteiger partial charge on any atom is 0.343 e. The quantitative estimate of drug-likeness (QED) is 0.260. The van der Waals surface area contributed by atoms with Gasteiger partial charge in [0.15, 0.2) is 11.5 Å². The van der Waals surface area contributed by atoms with Crippen LogP contribution in [0, 0.1) is 10.1 Å². The molecule has 0 unspecified atom stereocenters. The smallest absolute Gasteiger partial charge is 0.343 e. The van der Waals surface area contributed by atoms with Gasteiger partial charge in [-0.3, -0.25) is 14.9 Å². The Morgan fingerprint density at radius 2 is 1.92 bits per heavy atom. The van der Waals surface area contributed by atoms with Gasteiger partial charge in [-0.15, -0.1) is 0 Å². The fraction of sp³-hybridized carbons (Fsp3) is 0.0667. The summed E-state index contributed by atoms with van der Waals surface area (Å²) in [5.41, 5.74) is -0.289. The van der Waals surface area contributed by atoms with Crippen molar-refractivity contribution in [1.29, 1.82) is 0 Å². The third-order valence-corrected chi connectivity index (χ3v) is 3.56. The highest BCUT2D eigenvalue weighted by atomic mass is 35.5. The number of nitrogens with zero attached hydrogens (tertiary/aromatic N) is 1. The molecule has 0 saturated heterocycles. The Hall–Kier alpha value is -2.64. The average molecular weight is 370 g/mol. The number of hydrogen-bond acceptors (Lipinski definition) is 6. The first kappa shape index (κ1) is 17.7. The van der Waals surface area contributed by atoms with Gasteiger partial charge in [-0.2, -0.15) is 0 Å². The van der Waals surface area contributed by atoms with E-state index in [1.165, 1.54) is 31.4 Å². The van der Waals surface area contributed by atoms with E-state index in [4.69, 9.17) is 32.7 Å². The van der Waals surface area contributed by atoms with Crippen LogP contribution < -0.4 is 9.47 Å². The van der Waals surface area contributed by atoms with E-state index in [0.717, 1.165) is 6.07 Å². The second-order valence-corrected chi connectivity index (χ2v) is 5.28. The van der Waals surface area contributed by atoms with Gasteiger partial charge >= 0.3 is 5.97 Å². The van der Waals surface area contributed by atoms with Crippen LogP contribution in [0.25, 0.3) is 0 Å². The van der Waals surface area contributed by atoms with Gasteiger partial charge in [0, 0.05) is 11.6 Å². The van der Waals surface area contributed by atoms with Crippen molar-refractivity contribution in [2.75, 3.05) is 7.11 Å². The molecule has 0 amide bonds. The Kier molecular flexibility index (Phi) is 5.38. The number of hydrogen-bond donors (Lipinski definition) is 0. The zero-order valence-electron chi connectivity index (χ0n) is 12.1. The molecular weight excluding hydrogens is 361 g/mol. The second kappa shape index (κ2) is 7.29. The van der Waals surface area contributed by atoms with E-state index in [1.807, 2.05) is 0 Å². The lowest BCUT2D eigenvalue weighted by molar-refractivity contribution is -0.384. The molecule has 0 saturated carbocycles. The van der Waals surface area contributed by atoms with Crippen molar-refractivity contribution in [1.82, 2.24) is 0 Å². The summed E-state index contributed by atoms with van der Waals surface area (Å²) in [6.45, 7) is 0. The molecule has 0 aromatic heterocycles. The molecule has 2 aromatic carbocycles. The van der Waals surface area contributed by atoms with E-state index in [0.29, 0.717) is 6.29 Å². The van der Waals surface area contributed by atoms with E-state index >= 15 is 0 Å². The number of ether oxygens (including phenoxy) is 2. The molecule has 0 aliphatic carbocycles. The summed E-state index contributed by atoms with van der Waals surface area (Å²) in [5.74, 6) is -0.928. The van der Waals surface area contributed by atoms with Crippen molar-refractivity contribution in [2.45, 2.75) is 0 Å². The number of esters is 1. The molecule has 0 N–H and O–H groups in total. The van der Waals surface area contributed by atoms with E-state index in [2.05, 4.69) is 0 Å². The molecule has 0 aliphatic rings. The van der Waals surface area contributed by atoms with Gasteiger partial charge in [0.05, 0.1) is 22.6 Å². The van der Waals surface area contributed by atoms with E-state index < -0.39 is 16.6 Å². The predicted octanol–water partition coefficient (Wildman–Crippen LogP) is 3.94. The lowest BCUT2D eigenvalue weighted by Crippen LogP contribution is -2.10. The molecule has 124 valence electrons. The first-order valence-electron chi connectivity index (χ1n) is 6.36. The van der Waals surface area contributed by atoms with Crippen molar-refractivity contribution in [3.05, 3.63) is 61.6 Å². The van der Waals surface area contributed by atoms with Crippen LogP contribution in [0.3, 0.4) is 0 Å². The van der Waals surface area contributed by atoms with Crippen LogP contribution in [0.2, 0.25) is 10.0 Å². The fourth-order valence-electron chi connectivity index (χ4n) is 1.84. The number of benzene rings is 2. The van der Waals surface area contributed by atoms with Crippen LogP contribution in [0.4, 0.5) is 5.69 Å².